The minimum absolute atomic E-state index is 0.0835. The fourth-order valence-electron chi connectivity index (χ4n) is 2.78. The van der Waals surface area contributed by atoms with Crippen LogP contribution < -0.4 is 5.32 Å². The van der Waals surface area contributed by atoms with Crippen LogP contribution in [0.4, 0.5) is 9.18 Å². The molecule has 2 amide bonds. The molecule has 1 aromatic heterocycles. The highest BCUT2D eigenvalue weighted by Crippen LogP contribution is 2.29. The highest BCUT2D eigenvalue weighted by molar-refractivity contribution is 5.75. The molecule has 7 heteroatoms. The number of benzene rings is 1. The monoisotopic (exact) mass is 317 g/mol. The summed E-state index contributed by atoms with van der Waals surface area (Å²) in [6, 6.07) is 5.89. The maximum atomic E-state index is 12.9. The summed E-state index contributed by atoms with van der Waals surface area (Å²) in [5.41, 5.74) is 0.863. The maximum absolute atomic E-state index is 12.9. The molecule has 0 saturated carbocycles. The number of aromatic amines is 1. The van der Waals surface area contributed by atoms with Gasteiger partial charge < -0.3 is 10.2 Å². The van der Waals surface area contributed by atoms with Gasteiger partial charge in [0.1, 0.15) is 11.6 Å². The quantitative estimate of drug-likeness (QED) is 0.910. The highest BCUT2D eigenvalue weighted by Gasteiger charge is 2.32. The van der Waals surface area contributed by atoms with E-state index < -0.39 is 0 Å². The molecule has 0 bridgehead atoms. The Hall–Kier alpha value is -2.44. The van der Waals surface area contributed by atoms with E-state index in [9.17, 15) is 9.18 Å². The summed E-state index contributed by atoms with van der Waals surface area (Å²) in [5.74, 6) is 1.23. The molecule has 1 aliphatic heterocycles. The number of rotatable bonds is 4. The Morgan fingerprint density at radius 3 is 2.91 bits per heavy atom. The first-order valence-corrected chi connectivity index (χ1v) is 7.87. The van der Waals surface area contributed by atoms with Gasteiger partial charge in [-0.1, -0.05) is 19.1 Å². The number of carbonyl (C=O) groups is 1. The number of nitrogens with one attached hydrogen (secondary N) is 2. The van der Waals surface area contributed by atoms with Crippen molar-refractivity contribution in [2.45, 2.75) is 38.8 Å². The maximum Gasteiger partial charge on any atom is 0.318 e. The number of likely N-dealkylation sites (tertiary alicyclic amines) is 1. The molecule has 1 atom stereocenters. The van der Waals surface area contributed by atoms with Gasteiger partial charge >= 0.3 is 6.03 Å². The molecule has 0 radical (unpaired) electrons. The van der Waals surface area contributed by atoms with Crippen LogP contribution in [0.1, 0.15) is 43.0 Å². The number of amides is 2. The lowest BCUT2D eigenvalue weighted by Gasteiger charge is -2.23. The molecule has 3 rings (SSSR count). The standard InChI is InChI=1S/C16H20FN5O/c1-2-14-19-15(21-20-14)13-4-3-9-22(13)16(23)18-10-11-5-7-12(17)8-6-11/h5-8,13H,2-4,9-10H2,1H3,(H,18,23)(H,19,20,21)/t13-/m0/s1. The second kappa shape index (κ2) is 6.76. The van der Waals surface area contributed by atoms with Crippen molar-refractivity contribution in [2.24, 2.45) is 0 Å². The lowest BCUT2D eigenvalue weighted by Crippen LogP contribution is -2.39. The average Bonchev–Trinajstić information content (AvgIpc) is 3.22. The minimum Gasteiger partial charge on any atom is -0.334 e. The fourth-order valence-corrected chi connectivity index (χ4v) is 2.78. The van der Waals surface area contributed by atoms with Crippen LogP contribution in [-0.2, 0) is 13.0 Å². The van der Waals surface area contributed by atoms with Crippen molar-refractivity contribution in [1.29, 1.82) is 0 Å². The lowest BCUT2D eigenvalue weighted by atomic mass is 10.2. The number of hydrogen-bond acceptors (Lipinski definition) is 3. The molecule has 2 aromatic rings. The Labute approximate surface area is 134 Å². The summed E-state index contributed by atoms with van der Waals surface area (Å²) in [4.78, 5) is 18.6. The Kier molecular flexibility index (Phi) is 4.55. The molecule has 0 aliphatic carbocycles. The summed E-state index contributed by atoms with van der Waals surface area (Å²) in [5, 5.41) is 10.0. The third-order valence-electron chi connectivity index (χ3n) is 4.05. The summed E-state index contributed by atoms with van der Waals surface area (Å²) in [6.07, 6.45) is 2.59. The van der Waals surface area contributed by atoms with Crippen LogP contribution in [0, 0.1) is 5.82 Å². The molecule has 1 aromatic carbocycles. The van der Waals surface area contributed by atoms with E-state index in [0.29, 0.717) is 18.9 Å². The van der Waals surface area contributed by atoms with Crippen LogP contribution in [0.3, 0.4) is 0 Å². The van der Waals surface area contributed by atoms with Crippen molar-refractivity contribution in [3.05, 3.63) is 47.3 Å². The van der Waals surface area contributed by atoms with Crippen molar-refractivity contribution in [3.63, 3.8) is 0 Å². The van der Waals surface area contributed by atoms with Gasteiger partial charge in [0.2, 0.25) is 0 Å². The molecule has 2 heterocycles. The van der Waals surface area contributed by atoms with E-state index in [1.54, 1.807) is 17.0 Å². The van der Waals surface area contributed by atoms with E-state index in [1.807, 2.05) is 6.92 Å². The molecular weight excluding hydrogens is 297 g/mol. The van der Waals surface area contributed by atoms with E-state index in [-0.39, 0.29) is 17.9 Å². The van der Waals surface area contributed by atoms with Gasteiger partial charge in [-0.3, -0.25) is 5.10 Å². The third-order valence-corrected chi connectivity index (χ3v) is 4.05. The van der Waals surface area contributed by atoms with Crippen molar-refractivity contribution in [1.82, 2.24) is 25.4 Å². The topological polar surface area (TPSA) is 73.9 Å². The van der Waals surface area contributed by atoms with Crippen molar-refractivity contribution in [2.75, 3.05) is 6.54 Å². The SMILES string of the molecule is CCc1nc([C@@H]2CCCN2C(=O)NCc2ccc(F)cc2)n[nH]1. The highest BCUT2D eigenvalue weighted by atomic mass is 19.1. The van der Waals surface area contributed by atoms with Crippen molar-refractivity contribution < 1.29 is 9.18 Å². The first-order valence-electron chi connectivity index (χ1n) is 7.87. The average molecular weight is 317 g/mol. The van der Waals surface area contributed by atoms with E-state index in [4.69, 9.17) is 0 Å². The lowest BCUT2D eigenvalue weighted by molar-refractivity contribution is 0.190. The van der Waals surface area contributed by atoms with E-state index in [0.717, 1.165) is 30.7 Å². The zero-order valence-corrected chi connectivity index (χ0v) is 13.1. The first kappa shape index (κ1) is 15.5. The number of aromatic nitrogens is 3. The Balaban J connectivity index is 1.62. The van der Waals surface area contributed by atoms with Gasteiger partial charge in [-0.25, -0.2) is 14.2 Å². The molecule has 0 unspecified atom stereocenters. The molecule has 122 valence electrons. The molecule has 0 spiro atoms. The largest absolute Gasteiger partial charge is 0.334 e. The van der Waals surface area contributed by atoms with Gasteiger partial charge in [0, 0.05) is 19.5 Å². The van der Waals surface area contributed by atoms with E-state index in [2.05, 4.69) is 20.5 Å². The van der Waals surface area contributed by atoms with Crippen LogP contribution in [0.5, 0.6) is 0 Å². The van der Waals surface area contributed by atoms with Crippen LogP contribution in [0.15, 0.2) is 24.3 Å². The van der Waals surface area contributed by atoms with E-state index >= 15 is 0 Å². The molecule has 6 nitrogen and oxygen atoms in total. The van der Waals surface area contributed by atoms with Gasteiger partial charge in [0.15, 0.2) is 5.82 Å². The zero-order chi connectivity index (χ0) is 16.2. The Bertz CT molecular complexity index is 669. The van der Waals surface area contributed by atoms with Crippen LogP contribution in [-0.4, -0.2) is 32.7 Å². The molecule has 1 fully saturated rings. The number of halogens is 1. The number of nitrogens with zero attached hydrogens (tertiary/aromatic N) is 3. The Morgan fingerprint density at radius 2 is 2.22 bits per heavy atom. The second-order valence-corrected chi connectivity index (χ2v) is 5.63. The van der Waals surface area contributed by atoms with Gasteiger partial charge in [-0.2, -0.15) is 5.10 Å². The molecule has 1 saturated heterocycles. The molecule has 1 aliphatic rings. The number of aryl methyl sites for hydroxylation is 1. The van der Waals surface area contributed by atoms with Gasteiger partial charge in [-0.05, 0) is 30.5 Å². The second-order valence-electron chi connectivity index (χ2n) is 5.63. The fraction of sp³-hybridized carbons (Fsp3) is 0.438. The molecular formula is C16H20FN5O. The van der Waals surface area contributed by atoms with Crippen molar-refractivity contribution >= 4 is 6.03 Å². The summed E-state index contributed by atoms with van der Waals surface area (Å²) in [7, 11) is 0. The number of urea groups is 1. The van der Waals surface area contributed by atoms with Gasteiger partial charge in [0.05, 0.1) is 6.04 Å². The summed E-state index contributed by atoms with van der Waals surface area (Å²) < 4.78 is 12.9. The summed E-state index contributed by atoms with van der Waals surface area (Å²) >= 11 is 0. The Morgan fingerprint density at radius 1 is 1.43 bits per heavy atom. The molecule has 23 heavy (non-hydrogen) atoms. The number of hydrogen-bond donors (Lipinski definition) is 2. The summed E-state index contributed by atoms with van der Waals surface area (Å²) in [6.45, 7) is 3.07. The van der Waals surface area contributed by atoms with Crippen LogP contribution >= 0.6 is 0 Å². The minimum atomic E-state index is -0.281. The third kappa shape index (κ3) is 3.49. The molecule has 2 N–H and O–H groups in total. The van der Waals surface area contributed by atoms with E-state index in [1.165, 1.54) is 12.1 Å². The normalized spacial score (nSPS) is 17.5. The van der Waals surface area contributed by atoms with Crippen LogP contribution in [0.25, 0.3) is 0 Å². The van der Waals surface area contributed by atoms with Gasteiger partial charge in [-0.15, -0.1) is 0 Å². The predicted molar refractivity (Wildman–Crippen MR) is 83.1 cm³/mol. The number of H-pyrrole nitrogens is 1. The zero-order valence-electron chi connectivity index (χ0n) is 13.1. The first-order chi connectivity index (χ1) is 11.2. The van der Waals surface area contributed by atoms with Crippen molar-refractivity contribution in [3.8, 4) is 0 Å². The van der Waals surface area contributed by atoms with Crippen LogP contribution in [0.2, 0.25) is 0 Å². The van der Waals surface area contributed by atoms with Gasteiger partial charge in [0.25, 0.3) is 0 Å². The smallest absolute Gasteiger partial charge is 0.318 e. The number of carbonyl (C=O) groups excluding carboxylic acids is 1. The predicted octanol–water partition coefficient (Wildman–Crippen LogP) is 2.55.